The summed E-state index contributed by atoms with van der Waals surface area (Å²) in [5.41, 5.74) is 0. The van der Waals surface area contributed by atoms with Crippen LogP contribution >= 0.6 is 0 Å². The summed E-state index contributed by atoms with van der Waals surface area (Å²) in [7, 11) is 0. The lowest BCUT2D eigenvalue weighted by atomic mass is 9.96. The van der Waals surface area contributed by atoms with Gasteiger partial charge < -0.3 is 0 Å². The molecule has 1 saturated carbocycles. The molecule has 78 valence electrons. The van der Waals surface area contributed by atoms with E-state index in [1.807, 2.05) is 0 Å². The van der Waals surface area contributed by atoms with E-state index in [1.54, 1.807) is 0 Å². The van der Waals surface area contributed by atoms with Crippen molar-refractivity contribution in [3.8, 4) is 0 Å². The van der Waals surface area contributed by atoms with E-state index >= 15 is 0 Å². The van der Waals surface area contributed by atoms with Crippen molar-refractivity contribution >= 4 is 0 Å². The van der Waals surface area contributed by atoms with E-state index in [9.17, 15) is 0 Å². The van der Waals surface area contributed by atoms with Crippen LogP contribution in [0.5, 0.6) is 0 Å². The summed E-state index contributed by atoms with van der Waals surface area (Å²) >= 11 is 0. The van der Waals surface area contributed by atoms with Gasteiger partial charge >= 0.3 is 0 Å². The molecule has 1 fully saturated rings. The highest BCUT2D eigenvalue weighted by Crippen LogP contribution is 2.29. The molecule has 1 aliphatic rings. The van der Waals surface area contributed by atoms with Gasteiger partial charge in [-0.1, -0.05) is 71.6 Å². The van der Waals surface area contributed by atoms with E-state index in [0.29, 0.717) is 0 Å². The molecule has 1 aliphatic carbocycles. The zero-order valence-corrected chi connectivity index (χ0v) is 9.52. The van der Waals surface area contributed by atoms with Gasteiger partial charge in [0, 0.05) is 0 Å². The van der Waals surface area contributed by atoms with E-state index in [2.05, 4.69) is 13.8 Å². The molecule has 1 atom stereocenters. The van der Waals surface area contributed by atoms with Gasteiger partial charge in [-0.25, -0.2) is 0 Å². The van der Waals surface area contributed by atoms with Crippen LogP contribution in [0.1, 0.15) is 71.6 Å². The molecule has 13 heavy (non-hydrogen) atoms. The molecule has 0 N–H and O–H groups in total. The Hall–Kier alpha value is 0. The lowest BCUT2D eigenvalue weighted by molar-refractivity contribution is 0.430. The lowest BCUT2D eigenvalue weighted by Crippen LogP contribution is -1.95. The molecule has 0 heteroatoms. The van der Waals surface area contributed by atoms with Gasteiger partial charge in [0.05, 0.1) is 0 Å². The maximum Gasteiger partial charge on any atom is -0.0414 e. The van der Waals surface area contributed by atoms with Gasteiger partial charge in [0.2, 0.25) is 0 Å². The highest BCUT2D eigenvalue weighted by molar-refractivity contribution is 4.67. The van der Waals surface area contributed by atoms with Crippen molar-refractivity contribution in [2.45, 2.75) is 71.6 Å². The van der Waals surface area contributed by atoms with Gasteiger partial charge in [-0.15, -0.1) is 0 Å². The molecule has 0 bridgehead atoms. The van der Waals surface area contributed by atoms with Crippen LogP contribution in [0.3, 0.4) is 0 Å². The number of unbranched alkanes of at least 4 members (excludes halogenated alkanes) is 1. The van der Waals surface area contributed by atoms with E-state index < -0.39 is 0 Å². The Morgan fingerprint density at radius 1 is 1.15 bits per heavy atom. The van der Waals surface area contributed by atoms with Crippen molar-refractivity contribution in [1.82, 2.24) is 0 Å². The summed E-state index contributed by atoms with van der Waals surface area (Å²) in [4.78, 5) is 0. The highest BCUT2D eigenvalue weighted by atomic mass is 14.2. The minimum Gasteiger partial charge on any atom is -0.0651 e. The summed E-state index contributed by atoms with van der Waals surface area (Å²) < 4.78 is 0. The SMILES string of the molecule is CCC(C)CCCCC1CCCC1. The largest absolute Gasteiger partial charge is 0.0651 e. The molecule has 0 aromatic rings. The number of rotatable bonds is 6. The van der Waals surface area contributed by atoms with E-state index in [1.165, 1.54) is 57.8 Å². The molecular weight excluding hydrogens is 156 g/mol. The van der Waals surface area contributed by atoms with Crippen LogP contribution in [0.2, 0.25) is 0 Å². The third-order valence-corrected chi connectivity index (χ3v) is 3.73. The first kappa shape index (κ1) is 11.1. The Morgan fingerprint density at radius 3 is 2.46 bits per heavy atom. The number of hydrogen-bond donors (Lipinski definition) is 0. The zero-order valence-electron chi connectivity index (χ0n) is 9.52. The molecular formula is C13H26. The van der Waals surface area contributed by atoms with Crippen molar-refractivity contribution in [2.24, 2.45) is 11.8 Å². The maximum absolute atomic E-state index is 2.38. The van der Waals surface area contributed by atoms with E-state index in [0.717, 1.165) is 11.8 Å². The number of hydrogen-bond acceptors (Lipinski definition) is 0. The monoisotopic (exact) mass is 182 g/mol. The van der Waals surface area contributed by atoms with Crippen LogP contribution in [0.4, 0.5) is 0 Å². The average molecular weight is 182 g/mol. The topological polar surface area (TPSA) is 0 Å². The molecule has 1 rings (SSSR count). The van der Waals surface area contributed by atoms with Crippen LogP contribution in [0.25, 0.3) is 0 Å². The van der Waals surface area contributed by atoms with Gasteiger partial charge in [0.1, 0.15) is 0 Å². The third kappa shape index (κ3) is 4.69. The fourth-order valence-corrected chi connectivity index (χ4v) is 2.43. The van der Waals surface area contributed by atoms with Crippen LogP contribution < -0.4 is 0 Å². The van der Waals surface area contributed by atoms with Crippen LogP contribution in [0, 0.1) is 11.8 Å². The lowest BCUT2D eigenvalue weighted by Gasteiger charge is -2.10. The predicted molar refractivity (Wildman–Crippen MR) is 59.9 cm³/mol. The minimum absolute atomic E-state index is 0.962. The van der Waals surface area contributed by atoms with E-state index in [-0.39, 0.29) is 0 Å². The Morgan fingerprint density at radius 2 is 1.85 bits per heavy atom. The molecule has 0 heterocycles. The summed E-state index contributed by atoms with van der Waals surface area (Å²) in [6.45, 7) is 4.69. The molecule has 0 spiro atoms. The second-order valence-corrected chi connectivity index (χ2v) is 4.95. The van der Waals surface area contributed by atoms with Crippen molar-refractivity contribution in [3.05, 3.63) is 0 Å². The molecule has 0 aromatic carbocycles. The minimum atomic E-state index is 0.962. The standard InChI is InChI=1S/C13H26/c1-3-12(2)8-4-5-9-13-10-6-7-11-13/h12-13H,3-11H2,1-2H3. The third-order valence-electron chi connectivity index (χ3n) is 3.73. The molecule has 0 nitrogen and oxygen atoms in total. The van der Waals surface area contributed by atoms with Crippen molar-refractivity contribution in [3.63, 3.8) is 0 Å². The Bertz CT molecular complexity index is 111. The normalized spacial score (nSPS) is 20.8. The first-order valence-electron chi connectivity index (χ1n) is 6.33. The molecule has 0 radical (unpaired) electrons. The summed E-state index contributed by atoms with van der Waals surface area (Å²) in [5.74, 6) is 2.07. The van der Waals surface area contributed by atoms with Crippen molar-refractivity contribution in [1.29, 1.82) is 0 Å². The fraction of sp³-hybridized carbons (Fsp3) is 1.00. The summed E-state index contributed by atoms with van der Waals surface area (Å²) in [5, 5.41) is 0. The Balaban J connectivity index is 1.88. The second-order valence-electron chi connectivity index (χ2n) is 4.95. The predicted octanol–water partition coefficient (Wildman–Crippen LogP) is 4.78. The van der Waals surface area contributed by atoms with Crippen LogP contribution in [-0.2, 0) is 0 Å². The second kappa shape index (κ2) is 6.45. The van der Waals surface area contributed by atoms with Gasteiger partial charge in [-0.05, 0) is 11.8 Å². The van der Waals surface area contributed by atoms with Gasteiger partial charge in [-0.2, -0.15) is 0 Å². The van der Waals surface area contributed by atoms with Gasteiger partial charge in [0.25, 0.3) is 0 Å². The van der Waals surface area contributed by atoms with Gasteiger partial charge in [-0.3, -0.25) is 0 Å². The van der Waals surface area contributed by atoms with Crippen molar-refractivity contribution < 1.29 is 0 Å². The first-order chi connectivity index (χ1) is 6.33. The smallest absolute Gasteiger partial charge is 0.0414 e. The Labute approximate surface area is 84.1 Å². The molecule has 0 amide bonds. The highest BCUT2D eigenvalue weighted by Gasteiger charge is 2.13. The molecule has 1 unspecified atom stereocenters. The maximum atomic E-state index is 2.38. The quantitative estimate of drug-likeness (QED) is 0.518. The first-order valence-corrected chi connectivity index (χ1v) is 6.33. The molecule has 0 aromatic heterocycles. The van der Waals surface area contributed by atoms with E-state index in [4.69, 9.17) is 0 Å². The van der Waals surface area contributed by atoms with Gasteiger partial charge in [0.15, 0.2) is 0 Å². The Kier molecular flexibility index (Phi) is 5.50. The summed E-state index contributed by atoms with van der Waals surface area (Å²) in [6, 6.07) is 0. The zero-order chi connectivity index (χ0) is 9.52. The van der Waals surface area contributed by atoms with Crippen molar-refractivity contribution in [2.75, 3.05) is 0 Å². The molecule has 0 aliphatic heterocycles. The fourth-order valence-electron chi connectivity index (χ4n) is 2.43. The van der Waals surface area contributed by atoms with Crippen LogP contribution in [0.15, 0.2) is 0 Å². The summed E-state index contributed by atoms with van der Waals surface area (Å²) in [6.07, 6.45) is 13.4. The average Bonchev–Trinajstić information content (AvgIpc) is 2.64. The molecule has 0 saturated heterocycles. The van der Waals surface area contributed by atoms with Crippen LogP contribution in [-0.4, -0.2) is 0 Å².